The number of rotatable bonds is 2. The van der Waals surface area contributed by atoms with Crippen molar-refractivity contribution in [1.29, 1.82) is 0 Å². The van der Waals surface area contributed by atoms with Crippen LogP contribution in [0.3, 0.4) is 0 Å². The number of nitrogens with one attached hydrogen (secondary N) is 3. The molecule has 2 atom stereocenters. The molecule has 0 bridgehead atoms. The van der Waals surface area contributed by atoms with Gasteiger partial charge in [0.1, 0.15) is 11.9 Å². The number of ether oxygens (including phenoxy) is 1. The molecule has 114 valence electrons. The number of para-hydroxylation sites is 1. The van der Waals surface area contributed by atoms with Crippen molar-refractivity contribution in [2.45, 2.75) is 45.8 Å². The first-order valence-corrected chi connectivity index (χ1v) is 7.47. The highest BCUT2D eigenvalue weighted by atomic mass is 32.1. The van der Waals surface area contributed by atoms with E-state index in [0.29, 0.717) is 16.4 Å². The monoisotopic (exact) mass is 307 g/mol. The van der Waals surface area contributed by atoms with E-state index in [-0.39, 0.29) is 24.0 Å². The number of carbonyl (C=O) groups is 1. The van der Waals surface area contributed by atoms with E-state index >= 15 is 0 Å². The quantitative estimate of drug-likeness (QED) is 0.577. The summed E-state index contributed by atoms with van der Waals surface area (Å²) >= 11 is 5.07. The maximum Gasteiger partial charge on any atom is 0.273 e. The van der Waals surface area contributed by atoms with Gasteiger partial charge in [0.25, 0.3) is 5.91 Å². The maximum absolute atomic E-state index is 12.3. The van der Waals surface area contributed by atoms with E-state index in [1.54, 1.807) is 6.07 Å². The van der Waals surface area contributed by atoms with Crippen LogP contribution in [-0.4, -0.2) is 23.2 Å². The largest absolute Gasteiger partial charge is 0.489 e. The van der Waals surface area contributed by atoms with Crippen LogP contribution in [0.25, 0.3) is 0 Å². The average molecular weight is 307 g/mol. The number of hydrogen-bond acceptors (Lipinski definition) is 3. The molecule has 2 rings (SSSR count). The van der Waals surface area contributed by atoms with Crippen molar-refractivity contribution in [1.82, 2.24) is 16.2 Å². The predicted molar refractivity (Wildman–Crippen MR) is 86.4 cm³/mol. The molecule has 6 heteroatoms. The lowest BCUT2D eigenvalue weighted by atomic mass is 9.97. The smallest absolute Gasteiger partial charge is 0.273 e. The van der Waals surface area contributed by atoms with Crippen LogP contribution < -0.4 is 20.9 Å². The lowest BCUT2D eigenvalue weighted by Gasteiger charge is -2.14. The van der Waals surface area contributed by atoms with Crippen molar-refractivity contribution in [3.63, 3.8) is 0 Å². The number of amides is 1. The molecule has 2 unspecified atom stereocenters. The summed E-state index contributed by atoms with van der Waals surface area (Å²) in [5, 5.41) is 3.37. The third kappa shape index (κ3) is 3.44. The first-order chi connectivity index (χ1) is 9.90. The van der Waals surface area contributed by atoms with E-state index in [4.69, 9.17) is 17.0 Å². The van der Waals surface area contributed by atoms with Crippen LogP contribution in [0, 0.1) is 0 Å². The van der Waals surface area contributed by atoms with Crippen molar-refractivity contribution in [3.05, 3.63) is 29.3 Å². The molecule has 1 aromatic rings. The Bertz CT molecular complexity index is 560. The zero-order chi connectivity index (χ0) is 15.6. The number of hydrogen-bond donors (Lipinski definition) is 3. The fraction of sp³-hybridized carbons (Fsp3) is 0.467. The minimum absolute atomic E-state index is 0.0746. The molecule has 1 heterocycles. The summed E-state index contributed by atoms with van der Waals surface area (Å²) in [6, 6.07) is 5.82. The zero-order valence-corrected chi connectivity index (χ0v) is 13.5. The van der Waals surface area contributed by atoms with Crippen molar-refractivity contribution in [2.75, 3.05) is 0 Å². The summed E-state index contributed by atoms with van der Waals surface area (Å²) < 4.78 is 5.81. The van der Waals surface area contributed by atoms with Gasteiger partial charge in [-0.05, 0) is 39.1 Å². The number of carbonyl (C=O) groups excluding carboxylic acids is 1. The molecule has 1 aliphatic rings. The fourth-order valence-electron chi connectivity index (χ4n) is 2.24. The zero-order valence-electron chi connectivity index (χ0n) is 12.7. The van der Waals surface area contributed by atoms with Crippen molar-refractivity contribution < 1.29 is 9.53 Å². The average Bonchev–Trinajstić information content (AvgIpc) is 2.71. The molecule has 0 saturated heterocycles. The molecule has 0 radical (unpaired) electrons. The second kappa shape index (κ2) is 6.30. The molecular weight excluding hydrogens is 286 g/mol. The second-order valence-corrected chi connectivity index (χ2v) is 5.95. The SMILES string of the molecule is CC(C)NC(=S)NNC(=O)c1cccc2c1OC(C)C2C. The summed E-state index contributed by atoms with van der Waals surface area (Å²) in [6.07, 6.45) is 0.0746. The van der Waals surface area contributed by atoms with Gasteiger partial charge in [-0.15, -0.1) is 0 Å². The van der Waals surface area contributed by atoms with Crippen LogP contribution in [0.15, 0.2) is 18.2 Å². The summed E-state index contributed by atoms with van der Waals surface area (Å²) in [7, 11) is 0. The van der Waals surface area contributed by atoms with Gasteiger partial charge in [-0.1, -0.05) is 19.1 Å². The Hall–Kier alpha value is -1.82. The van der Waals surface area contributed by atoms with Crippen LogP contribution in [0.1, 0.15) is 49.5 Å². The van der Waals surface area contributed by atoms with Gasteiger partial charge in [-0.2, -0.15) is 0 Å². The maximum atomic E-state index is 12.3. The van der Waals surface area contributed by atoms with Gasteiger partial charge >= 0.3 is 0 Å². The van der Waals surface area contributed by atoms with Crippen LogP contribution in [0.5, 0.6) is 5.75 Å². The summed E-state index contributed by atoms with van der Waals surface area (Å²) in [5.41, 5.74) is 6.87. The Morgan fingerprint density at radius 1 is 1.29 bits per heavy atom. The third-order valence-corrected chi connectivity index (χ3v) is 3.72. The van der Waals surface area contributed by atoms with E-state index in [0.717, 1.165) is 5.56 Å². The van der Waals surface area contributed by atoms with Crippen molar-refractivity contribution in [3.8, 4) is 5.75 Å². The predicted octanol–water partition coefficient (Wildman–Crippen LogP) is 2.09. The van der Waals surface area contributed by atoms with Crippen LogP contribution in [0.4, 0.5) is 0 Å². The summed E-state index contributed by atoms with van der Waals surface area (Å²) in [5.74, 6) is 0.685. The number of benzene rings is 1. The Morgan fingerprint density at radius 2 is 2.00 bits per heavy atom. The molecule has 5 nitrogen and oxygen atoms in total. The molecule has 21 heavy (non-hydrogen) atoms. The van der Waals surface area contributed by atoms with Crippen LogP contribution in [-0.2, 0) is 0 Å². The molecule has 1 amide bonds. The van der Waals surface area contributed by atoms with Gasteiger partial charge < -0.3 is 10.1 Å². The van der Waals surface area contributed by atoms with Gasteiger partial charge in [0.05, 0.1) is 5.56 Å². The van der Waals surface area contributed by atoms with E-state index < -0.39 is 0 Å². The Balaban J connectivity index is 2.06. The number of fused-ring (bicyclic) bond motifs is 1. The Labute approximate surface area is 130 Å². The molecule has 0 aromatic heterocycles. The lowest BCUT2D eigenvalue weighted by molar-refractivity contribution is 0.0938. The van der Waals surface area contributed by atoms with E-state index in [9.17, 15) is 4.79 Å². The fourth-order valence-corrected chi connectivity index (χ4v) is 2.53. The molecule has 1 aliphatic heterocycles. The van der Waals surface area contributed by atoms with E-state index in [1.165, 1.54) is 0 Å². The van der Waals surface area contributed by atoms with Gasteiger partial charge in [0.15, 0.2) is 5.11 Å². The minimum atomic E-state index is -0.263. The molecule has 0 spiro atoms. The number of thiocarbonyl (C=S) groups is 1. The van der Waals surface area contributed by atoms with Crippen LogP contribution >= 0.6 is 12.2 Å². The second-order valence-electron chi connectivity index (χ2n) is 5.54. The first-order valence-electron chi connectivity index (χ1n) is 7.06. The van der Waals surface area contributed by atoms with E-state index in [2.05, 4.69) is 23.1 Å². The topological polar surface area (TPSA) is 62.4 Å². The Kier molecular flexibility index (Phi) is 4.67. The molecular formula is C15H21N3O2S. The van der Waals surface area contributed by atoms with Gasteiger partial charge in [-0.25, -0.2) is 0 Å². The molecule has 0 saturated carbocycles. The molecule has 0 aliphatic carbocycles. The van der Waals surface area contributed by atoms with Gasteiger partial charge in [0, 0.05) is 17.5 Å². The first kappa shape index (κ1) is 15.6. The number of hydrazine groups is 1. The minimum Gasteiger partial charge on any atom is -0.489 e. The molecule has 1 aromatic carbocycles. The summed E-state index contributed by atoms with van der Waals surface area (Å²) in [6.45, 7) is 8.04. The van der Waals surface area contributed by atoms with Gasteiger partial charge in [-0.3, -0.25) is 15.6 Å². The van der Waals surface area contributed by atoms with E-state index in [1.807, 2.05) is 32.9 Å². The summed E-state index contributed by atoms with van der Waals surface area (Å²) in [4.78, 5) is 12.3. The Morgan fingerprint density at radius 3 is 2.67 bits per heavy atom. The molecule has 0 fully saturated rings. The highest BCUT2D eigenvalue weighted by Crippen LogP contribution is 2.40. The van der Waals surface area contributed by atoms with Crippen LogP contribution in [0.2, 0.25) is 0 Å². The van der Waals surface area contributed by atoms with Crippen molar-refractivity contribution in [2.24, 2.45) is 0 Å². The van der Waals surface area contributed by atoms with Gasteiger partial charge in [0.2, 0.25) is 0 Å². The normalized spacial score (nSPS) is 19.7. The highest BCUT2D eigenvalue weighted by Gasteiger charge is 2.31. The standard InChI is InChI=1S/C15H21N3O2S/c1-8(2)16-15(21)18-17-14(19)12-7-5-6-11-9(3)10(4)20-13(11)12/h5-10H,1-4H3,(H,17,19)(H2,16,18,21). The lowest BCUT2D eigenvalue weighted by Crippen LogP contribution is -2.48. The third-order valence-electron chi connectivity index (χ3n) is 3.50. The highest BCUT2D eigenvalue weighted by molar-refractivity contribution is 7.80. The van der Waals surface area contributed by atoms with Crippen molar-refractivity contribution >= 4 is 23.2 Å². The molecule has 3 N–H and O–H groups in total.